The summed E-state index contributed by atoms with van der Waals surface area (Å²) in [5.41, 5.74) is 0.0383. The van der Waals surface area contributed by atoms with Gasteiger partial charge in [0.2, 0.25) is 5.91 Å². The van der Waals surface area contributed by atoms with E-state index < -0.39 is 11.5 Å². The summed E-state index contributed by atoms with van der Waals surface area (Å²) in [7, 11) is 0. The minimum atomic E-state index is -0.456. The van der Waals surface area contributed by atoms with Gasteiger partial charge in [0.05, 0.1) is 6.54 Å². The first kappa shape index (κ1) is 13.3. The molecule has 7 nitrogen and oxygen atoms in total. The average molecular weight is 286 g/mol. The Kier molecular flexibility index (Phi) is 3.39. The molecule has 0 radical (unpaired) electrons. The van der Waals surface area contributed by atoms with E-state index in [-0.39, 0.29) is 18.0 Å². The SMILES string of the molecule is O=C1CN(C(=O)c2cnc3ccccn3c2=O)CCCN1. The van der Waals surface area contributed by atoms with Crippen LogP contribution in [-0.4, -0.2) is 45.7 Å². The van der Waals surface area contributed by atoms with Crippen molar-refractivity contribution < 1.29 is 9.59 Å². The van der Waals surface area contributed by atoms with Crippen LogP contribution in [0.2, 0.25) is 0 Å². The van der Waals surface area contributed by atoms with E-state index in [1.807, 2.05) is 0 Å². The van der Waals surface area contributed by atoms with Gasteiger partial charge in [0.1, 0.15) is 11.2 Å². The molecule has 0 unspecified atom stereocenters. The van der Waals surface area contributed by atoms with Gasteiger partial charge in [-0.3, -0.25) is 18.8 Å². The van der Waals surface area contributed by atoms with E-state index in [0.717, 1.165) is 0 Å². The first-order chi connectivity index (χ1) is 10.2. The highest BCUT2D eigenvalue weighted by atomic mass is 16.2. The highest BCUT2D eigenvalue weighted by Crippen LogP contribution is 2.04. The number of carbonyl (C=O) groups excluding carboxylic acids is 2. The van der Waals surface area contributed by atoms with Crippen molar-refractivity contribution in [3.05, 3.63) is 46.5 Å². The maximum Gasteiger partial charge on any atom is 0.270 e. The highest BCUT2D eigenvalue weighted by Gasteiger charge is 2.23. The van der Waals surface area contributed by atoms with Gasteiger partial charge in [0, 0.05) is 25.5 Å². The number of amides is 2. The maximum absolute atomic E-state index is 12.5. The van der Waals surface area contributed by atoms with E-state index >= 15 is 0 Å². The van der Waals surface area contributed by atoms with E-state index in [1.54, 1.807) is 24.4 Å². The summed E-state index contributed by atoms with van der Waals surface area (Å²) >= 11 is 0. The van der Waals surface area contributed by atoms with Gasteiger partial charge in [0.15, 0.2) is 0 Å². The molecule has 1 N–H and O–H groups in total. The number of nitrogens with zero attached hydrogens (tertiary/aromatic N) is 3. The number of pyridine rings is 1. The van der Waals surface area contributed by atoms with Gasteiger partial charge in [0.25, 0.3) is 11.5 Å². The number of fused-ring (bicyclic) bond motifs is 1. The van der Waals surface area contributed by atoms with Crippen LogP contribution in [0.15, 0.2) is 35.4 Å². The zero-order valence-electron chi connectivity index (χ0n) is 11.3. The van der Waals surface area contributed by atoms with Crippen molar-refractivity contribution in [2.24, 2.45) is 0 Å². The predicted octanol–water partition coefficient (Wildman–Crippen LogP) is -0.343. The van der Waals surface area contributed by atoms with Crippen LogP contribution in [-0.2, 0) is 4.79 Å². The fraction of sp³-hybridized carbons (Fsp3) is 0.286. The van der Waals surface area contributed by atoms with Crippen molar-refractivity contribution in [2.75, 3.05) is 19.6 Å². The molecule has 2 amide bonds. The van der Waals surface area contributed by atoms with Crippen molar-refractivity contribution in [3.63, 3.8) is 0 Å². The van der Waals surface area contributed by atoms with Crippen LogP contribution in [0.1, 0.15) is 16.8 Å². The fourth-order valence-electron chi connectivity index (χ4n) is 2.32. The largest absolute Gasteiger partial charge is 0.354 e. The minimum Gasteiger partial charge on any atom is -0.354 e. The Morgan fingerprint density at radius 1 is 1.29 bits per heavy atom. The highest BCUT2D eigenvalue weighted by molar-refractivity contribution is 5.96. The van der Waals surface area contributed by atoms with Gasteiger partial charge in [-0.1, -0.05) is 6.07 Å². The molecule has 0 saturated carbocycles. The van der Waals surface area contributed by atoms with Crippen molar-refractivity contribution in [1.82, 2.24) is 19.6 Å². The third-order valence-corrected chi connectivity index (χ3v) is 3.39. The topological polar surface area (TPSA) is 83.8 Å². The average Bonchev–Trinajstić information content (AvgIpc) is 2.72. The molecule has 1 aliphatic heterocycles. The third-order valence-electron chi connectivity index (χ3n) is 3.39. The summed E-state index contributed by atoms with van der Waals surface area (Å²) in [6, 6.07) is 5.15. The second-order valence-electron chi connectivity index (χ2n) is 4.84. The van der Waals surface area contributed by atoms with Crippen LogP contribution < -0.4 is 10.9 Å². The molecule has 2 aromatic rings. The molecule has 108 valence electrons. The molecule has 0 bridgehead atoms. The molecule has 0 aliphatic carbocycles. The second-order valence-corrected chi connectivity index (χ2v) is 4.84. The molecule has 2 aromatic heterocycles. The normalized spacial score (nSPS) is 15.6. The van der Waals surface area contributed by atoms with Gasteiger partial charge in [-0.25, -0.2) is 4.98 Å². The molecule has 21 heavy (non-hydrogen) atoms. The fourth-order valence-corrected chi connectivity index (χ4v) is 2.32. The lowest BCUT2D eigenvalue weighted by atomic mass is 10.2. The Hall–Kier alpha value is -2.70. The van der Waals surface area contributed by atoms with Gasteiger partial charge < -0.3 is 10.2 Å². The summed E-state index contributed by atoms with van der Waals surface area (Å²) in [6.45, 7) is 0.946. The molecular weight excluding hydrogens is 272 g/mol. The van der Waals surface area contributed by atoms with Crippen molar-refractivity contribution in [1.29, 1.82) is 0 Å². The predicted molar refractivity (Wildman–Crippen MR) is 75.0 cm³/mol. The van der Waals surface area contributed by atoms with Crippen LogP contribution >= 0.6 is 0 Å². The molecule has 1 saturated heterocycles. The number of rotatable bonds is 1. The molecule has 3 heterocycles. The smallest absolute Gasteiger partial charge is 0.270 e. The summed E-state index contributed by atoms with van der Waals surface area (Å²) in [4.78, 5) is 41.8. The minimum absolute atomic E-state index is 0.0200. The standard InChI is InChI=1S/C14H14N4O3/c19-12-9-17(6-3-5-15-12)13(20)10-8-16-11-4-1-2-7-18(11)14(10)21/h1-2,4,7-8H,3,5-6,9H2,(H,15,19). The van der Waals surface area contributed by atoms with Gasteiger partial charge in [-0.15, -0.1) is 0 Å². The summed E-state index contributed by atoms with van der Waals surface area (Å²) < 4.78 is 1.32. The van der Waals surface area contributed by atoms with Crippen molar-refractivity contribution >= 4 is 17.5 Å². The quantitative estimate of drug-likeness (QED) is 0.777. The lowest BCUT2D eigenvalue weighted by Crippen LogP contribution is -2.40. The van der Waals surface area contributed by atoms with Gasteiger partial charge >= 0.3 is 0 Å². The molecule has 0 spiro atoms. The molecular formula is C14H14N4O3. The Balaban J connectivity index is 1.99. The van der Waals surface area contributed by atoms with Crippen LogP contribution in [0.25, 0.3) is 5.65 Å². The van der Waals surface area contributed by atoms with Crippen LogP contribution in [0, 0.1) is 0 Å². The third kappa shape index (κ3) is 2.49. The summed E-state index contributed by atoms with van der Waals surface area (Å²) in [6.07, 6.45) is 3.51. The second kappa shape index (κ2) is 5.35. The Bertz CT molecular complexity index is 768. The summed E-state index contributed by atoms with van der Waals surface area (Å²) in [5, 5.41) is 2.69. The molecule has 1 aliphatic rings. The van der Waals surface area contributed by atoms with Crippen molar-refractivity contribution in [3.8, 4) is 0 Å². The van der Waals surface area contributed by atoms with E-state index in [4.69, 9.17) is 0 Å². The lowest BCUT2D eigenvalue weighted by molar-refractivity contribution is -0.121. The van der Waals surface area contributed by atoms with Crippen LogP contribution in [0.5, 0.6) is 0 Å². The number of nitrogens with one attached hydrogen (secondary N) is 1. The number of aromatic nitrogens is 2. The van der Waals surface area contributed by atoms with E-state index in [1.165, 1.54) is 15.5 Å². The van der Waals surface area contributed by atoms with Gasteiger partial charge in [-0.2, -0.15) is 0 Å². The Morgan fingerprint density at radius 2 is 2.14 bits per heavy atom. The molecule has 3 rings (SSSR count). The molecule has 1 fully saturated rings. The number of hydrogen-bond acceptors (Lipinski definition) is 4. The van der Waals surface area contributed by atoms with E-state index in [9.17, 15) is 14.4 Å². The van der Waals surface area contributed by atoms with E-state index in [2.05, 4.69) is 10.3 Å². The van der Waals surface area contributed by atoms with Crippen molar-refractivity contribution in [2.45, 2.75) is 6.42 Å². The first-order valence-electron chi connectivity index (χ1n) is 6.69. The molecule has 7 heteroatoms. The Labute approximate surface area is 120 Å². The maximum atomic E-state index is 12.5. The van der Waals surface area contributed by atoms with E-state index in [0.29, 0.717) is 25.2 Å². The summed E-state index contributed by atoms with van der Waals surface area (Å²) in [5.74, 6) is -0.669. The lowest BCUT2D eigenvalue weighted by Gasteiger charge is -2.18. The Morgan fingerprint density at radius 3 is 3.00 bits per heavy atom. The monoisotopic (exact) mass is 286 g/mol. The van der Waals surface area contributed by atoms with Gasteiger partial charge in [-0.05, 0) is 18.6 Å². The van der Waals surface area contributed by atoms with Crippen LogP contribution in [0.3, 0.4) is 0 Å². The number of carbonyl (C=O) groups is 2. The number of hydrogen-bond donors (Lipinski definition) is 1. The first-order valence-corrected chi connectivity index (χ1v) is 6.69. The molecule has 0 aromatic carbocycles. The van der Waals surface area contributed by atoms with Crippen LogP contribution in [0.4, 0.5) is 0 Å². The zero-order valence-corrected chi connectivity index (χ0v) is 11.3. The zero-order chi connectivity index (χ0) is 14.8. The molecule has 0 atom stereocenters.